The van der Waals surface area contributed by atoms with Gasteiger partial charge in [-0.1, -0.05) is 45.7 Å². The zero-order valence-corrected chi connectivity index (χ0v) is 12.6. The molecule has 1 N–H and O–H groups in total. The monoisotopic (exact) mass is 355 g/mol. The van der Waals surface area contributed by atoms with Crippen LogP contribution in [0, 0.1) is 10.1 Å². The number of halogens is 2. The Morgan fingerprint density at radius 3 is 2.45 bits per heavy atom. The van der Waals surface area contributed by atoms with Gasteiger partial charge in [0.1, 0.15) is 0 Å². The molecule has 1 atom stereocenters. The SMILES string of the molecule is O=[N+]([O-])c1ccc(CC(O)c2ccc(Cl)cc2Br)cc1. The second kappa shape index (κ2) is 6.35. The molecule has 0 aliphatic heterocycles. The highest BCUT2D eigenvalue weighted by Gasteiger charge is 2.13. The van der Waals surface area contributed by atoms with Crippen molar-refractivity contribution < 1.29 is 10.0 Å². The summed E-state index contributed by atoms with van der Waals surface area (Å²) in [5.74, 6) is 0. The number of aliphatic hydroxyl groups is 1. The Bertz CT molecular complexity index is 631. The molecular weight excluding hydrogens is 346 g/mol. The van der Waals surface area contributed by atoms with E-state index in [1.54, 1.807) is 30.3 Å². The molecule has 0 spiro atoms. The number of aliphatic hydroxyl groups excluding tert-OH is 1. The average molecular weight is 357 g/mol. The van der Waals surface area contributed by atoms with Crippen molar-refractivity contribution in [3.05, 3.63) is 73.2 Å². The van der Waals surface area contributed by atoms with Crippen molar-refractivity contribution in [1.82, 2.24) is 0 Å². The van der Waals surface area contributed by atoms with Crippen LogP contribution in [0.4, 0.5) is 5.69 Å². The summed E-state index contributed by atoms with van der Waals surface area (Å²) in [5.41, 5.74) is 1.59. The molecule has 2 aromatic carbocycles. The van der Waals surface area contributed by atoms with Crippen LogP contribution in [0.15, 0.2) is 46.9 Å². The largest absolute Gasteiger partial charge is 0.388 e. The number of nitro benzene ring substituents is 1. The van der Waals surface area contributed by atoms with Gasteiger partial charge in [0.25, 0.3) is 5.69 Å². The molecule has 6 heteroatoms. The van der Waals surface area contributed by atoms with Crippen molar-refractivity contribution >= 4 is 33.2 Å². The van der Waals surface area contributed by atoms with Gasteiger partial charge in [-0.15, -0.1) is 0 Å². The maximum Gasteiger partial charge on any atom is 0.269 e. The highest BCUT2D eigenvalue weighted by Crippen LogP contribution is 2.29. The second-order valence-corrected chi connectivity index (χ2v) is 5.60. The van der Waals surface area contributed by atoms with E-state index < -0.39 is 11.0 Å². The fourth-order valence-corrected chi connectivity index (χ4v) is 2.81. The van der Waals surface area contributed by atoms with Crippen molar-refractivity contribution in [3.63, 3.8) is 0 Å². The molecule has 104 valence electrons. The predicted molar refractivity (Wildman–Crippen MR) is 80.9 cm³/mol. The minimum absolute atomic E-state index is 0.0379. The van der Waals surface area contributed by atoms with Gasteiger partial charge in [-0.2, -0.15) is 0 Å². The van der Waals surface area contributed by atoms with E-state index in [0.717, 1.165) is 15.6 Å². The number of benzene rings is 2. The molecule has 0 bridgehead atoms. The first-order chi connectivity index (χ1) is 9.47. The molecule has 2 aromatic rings. The summed E-state index contributed by atoms with van der Waals surface area (Å²) in [5, 5.41) is 21.4. The third kappa shape index (κ3) is 3.56. The second-order valence-electron chi connectivity index (χ2n) is 4.31. The molecular formula is C14H11BrClNO3. The van der Waals surface area contributed by atoms with E-state index in [9.17, 15) is 15.2 Å². The summed E-state index contributed by atoms with van der Waals surface area (Å²) >= 11 is 9.21. The average Bonchev–Trinajstić information content (AvgIpc) is 2.39. The van der Waals surface area contributed by atoms with Gasteiger partial charge in [0.2, 0.25) is 0 Å². The first-order valence-electron chi connectivity index (χ1n) is 5.83. The van der Waals surface area contributed by atoms with Gasteiger partial charge < -0.3 is 5.11 Å². The van der Waals surface area contributed by atoms with Crippen molar-refractivity contribution in [2.45, 2.75) is 12.5 Å². The van der Waals surface area contributed by atoms with E-state index in [2.05, 4.69) is 15.9 Å². The Morgan fingerprint density at radius 1 is 1.25 bits per heavy atom. The van der Waals surface area contributed by atoms with Crippen molar-refractivity contribution in [1.29, 1.82) is 0 Å². The minimum atomic E-state index is -0.705. The Hall–Kier alpha value is -1.43. The van der Waals surface area contributed by atoms with Crippen molar-refractivity contribution in [2.75, 3.05) is 0 Å². The van der Waals surface area contributed by atoms with Gasteiger partial charge in [0, 0.05) is 28.0 Å². The first-order valence-corrected chi connectivity index (χ1v) is 7.01. The molecule has 0 fully saturated rings. The summed E-state index contributed by atoms with van der Waals surface area (Å²) in [6.07, 6.45) is -0.332. The molecule has 0 radical (unpaired) electrons. The van der Waals surface area contributed by atoms with Crippen LogP contribution in [0.1, 0.15) is 17.2 Å². The molecule has 0 saturated carbocycles. The highest BCUT2D eigenvalue weighted by atomic mass is 79.9. The van der Waals surface area contributed by atoms with Crippen LogP contribution >= 0.6 is 27.5 Å². The van der Waals surface area contributed by atoms with Crippen LogP contribution < -0.4 is 0 Å². The third-order valence-electron chi connectivity index (χ3n) is 2.90. The van der Waals surface area contributed by atoms with E-state index in [-0.39, 0.29) is 5.69 Å². The number of rotatable bonds is 4. The fourth-order valence-electron chi connectivity index (χ4n) is 1.86. The summed E-state index contributed by atoms with van der Waals surface area (Å²) in [7, 11) is 0. The van der Waals surface area contributed by atoms with Crippen LogP contribution in [-0.4, -0.2) is 10.0 Å². The number of non-ortho nitro benzene ring substituents is 1. The lowest BCUT2D eigenvalue weighted by molar-refractivity contribution is -0.384. The van der Waals surface area contributed by atoms with Gasteiger partial charge in [-0.3, -0.25) is 10.1 Å². The van der Waals surface area contributed by atoms with Gasteiger partial charge in [-0.05, 0) is 23.3 Å². The summed E-state index contributed by atoms with van der Waals surface area (Å²) in [4.78, 5) is 10.1. The van der Waals surface area contributed by atoms with Gasteiger partial charge in [0.05, 0.1) is 11.0 Å². The van der Waals surface area contributed by atoms with E-state index in [1.807, 2.05) is 0 Å². The van der Waals surface area contributed by atoms with E-state index in [4.69, 9.17) is 11.6 Å². The lowest BCUT2D eigenvalue weighted by Crippen LogP contribution is -2.03. The zero-order chi connectivity index (χ0) is 14.7. The van der Waals surface area contributed by atoms with Crippen LogP contribution in [0.5, 0.6) is 0 Å². The summed E-state index contributed by atoms with van der Waals surface area (Å²) in [6.45, 7) is 0. The molecule has 2 rings (SSSR count). The quantitative estimate of drug-likeness (QED) is 0.656. The van der Waals surface area contributed by atoms with E-state index in [1.165, 1.54) is 12.1 Å². The molecule has 0 heterocycles. The van der Waals surface area contributed by atoms with Crippen LogP contribution in [0.25, 0.3) is 0 Å². The Balaban J connectivity index is 2.14. The first kappa shape index (κ1) is 15.0. The summed E-state index contributed by atoms with van der Waals surface area (Å²) in [6, 6.07) is 11.3. The van der Waals surface area contributed by atoms with Gasteiger partial charge in [0.15, 0.2) is 0 Å². The number of hydrogen-bond donors (Lipinski definition) is 1. The minimum Gasteiger partial charge on any atom is -0.388 e. The van der Waals surface area contributed by atoms with Crippen LogP contribution in [-0.2, 0) is 6.42 Å². The lowest BCUT2D eigenvalue weighted by atomic mass is 10.0. The molecule has 0 amide bonds. The van der Waals surface area contributed by atoms with Crippen molar-refractivity contribution in [3.8, 4) is 0 Å². The summed E-state index contributed by atoms with van der Waals surface area (Å²) < 4.78 is 0.736. The Labute approximate surface area is 129 Å². The molecule has 4 nitrogen and oxygen atoms in total. The number of hydrogen-bond acceptors (Lipinski definition) is 3. The maximum atomic E-state index is 10.6. The van der Waals surface area contributed by atoms with Crippen molar-refractivity contribution in [2.24, 2.45) is 0 Å². The van der Waals surface area contributed by atoms with Gasteiger partial charge >= 0.3 is 0 Å². The molecule has 0 aromatic heterocycles. The molecule has 0 saturated heterocycles. The molecule has 0 aliphatic rings. The fraction of sp³-hybridized carbons (Fsp3) is 0.143. The van der Waals surface area contributed by atoms with E-state index in [0.29, 0.717) is 11.4 Å². The van der Waals surface area contributed by atoms with Gasteiger partial charge in [-0.25, -0.2) is 0 Å². The smallest absolute Gasteiger partial charge is 0.269 e. The highest BCUT2D eigenvalue weighted by molar-refractivity contribution is 9.10. The van der Waals surface area contributed by atoms with Crippen LogP contribution in [0.2, 0.25) is 5.02 Å². The third-order valence-corrected chi connectivity index (χ3v) is 3.82. The number of nitro groups is 1. The standard InChI is InChI=1S/C14H11BrClNO3/c15-13-8-10(16)3-6-12(13)14(18)7-9-1-4-11(5-2-9)17(19)20/h1-6,8,14,18H,7H2. The Kier molecular flexibility index (Phi) is 4.75. The topological polar surface area (TPSA) is 63.4 Å². The lowest BCUT2D eigenvalue weighted by Gasteiger charge is -2.13. The van der Waals surface area contributed by atoms with E-state index >= 15 is 0 Å². The van der Waals surface area contributed by atoms with Crippen LogP contribution in [0.3, 0.4) is 0 Å². The molecule has 1 unspecified atom stereocenters. The molecule has 20 heavy (non-hydrogen) atoms. The normalized spacial score (nSPS) is 12.2. The Morgan fingerprint density at radius 2 is 1.90 bits per heavy atom. The predicted octanol–water partition coefficient (Wildman–Crippen LogP) is 4.29. The molecule has 0 aliphatic carbocycles. The number of nitrogens with zero attached hydrogens (tertiary/aromatic N) is 1. The zero-order valence-electron chi connectivity index (χ0n) is 10.3. The maximum absolute atomic E-state index is 10.6.